The molecule has 0 spiro atoms. The number of nitrogens with zero attached hydrogens (tertiary/aromatic N) is 1. The molecule has 0 saturated heterocycles. The molecule has 2 N–H and O–H groups in total. The number of rotatable bonds is 4. The fraction of sp³-hybridized carbons (Fsp3) is 0.417. The quantitative estimate of drug-likeness (QED) is 0.478. The molecule has 0 radical (unpaired) electrons. The second-order valence-electron chi connectivity index (χ2n) is 3.99. The highest BCUT2D eigenvalue weighted by molar-refractivity contribution is 6.05. The maximum atomic E-state index is 11.0. The molecule has 0 aliphatic heterocycles. The van der Waals surface area contributed by atoms with Crippen molar-refractivity contribution < 1.29 is 9.21 Å². The molecular formula is C12H17N3O2. The summed E-state index contributed by atoms with van der Waals surface area (Å²) in [4.78, 5) is 15.0. The molecule has 5 heteroatoms. The van der Waals surface area contributed by atoms with E-state index in [1.807, 2.05) is 26.8 Å². The summed E-state index contributed by atoms with van der Waals surface area (Å²) < 4.78 is 5.06. The molecular weight excluding hydrogens is 218 g/mol. The van der Waals surface area contributed by atoms with E-state index in [2.05, 4.69) is 10.3 Å². The number of amidine groups is 1. The van der Waals surface area contributed by atoms with Crippen LogP contribution < -0.4 is 5.32 Å². The number of aromatic nitrogens is 1. The summed E-state index contributed by atoms with van der Waals surface area (Å²) in [6.45, 7) is 7.30. The molecule has 0 aromatic carbocycles. The third-order valence-electron chi connectivity index (χ3n) is 2.32. The minimum atomic E-state index is -0.163. The van der Waals surface area contributed by atoms with E-state index in [9.17, 15) is 4.79 Å². The van der Waals surface area contributed by atoms with Gasteiger partial charge in [-0.1, -0.05) is 19.9 Å². The molecule has 1 rings (SSSR count). The molecule has 0 fully saturated rings. The van der Waals surface area contributed by atoms with Crippen LogP contribution in [0.3, 0.4) is 0 Å². The van der Waals surface area contributed by atoms with Crippen molar-refractivity contribution in [3.05, 3.63) is 23.6 Å². The highest BCUT2D eigenvalue weighted by Gasteiger charge is 2.13. The number of hydrogen-bond donors (Lipinski definition) is 2. The molecule has 0 bridgehead atoms. The lowest BCUT2D eigenvalue weighted by atomic mass is 10.0. The second-order valence-corrected chi connectivity index (χ2v) is 3.99. The van der Waals surface area contributed by atoms with Crippen molar-refractivity contribution in [3.63, 3.8) is 0 Å². The summed E-state index contributed by atoms with van der Waals surface area (Å²) in [7, 11) is 0. The lowest BCUT2D eigenvalue weighted by Gasteiger charge is -2.11. The van der Waals surface area contributed by atoms with Crippen molar-refractivity contribution in [1.82, 2.24) is 4.98 Å². The van der Waals surface area contributed by atoms with E-state index < -0.39 is 0 Å². The Morgan fingerprint density at radius 1 is 1.59 bits per heavy atom. The second kappa shape index (κ2) is 5.43. The average Bonchev–Trinajstić information content (AvgIpc) is 2.66. The Morgan fingerprint density at radius 3 is 2.65 bits per heavy atom. The van der Waals surface area contributed by atoms with Gasteiger partial charge in [0.25, 0.3) is 0 Å². The number of oxazole rings is 1. The number of nitrogens with one attached hydrogen (secondary N) is 2. The van der Waals surface area contributed by atoms with Gasteiger partial charge in [0, 0.05) is 6.92 Å². The highest BCUT2D eigenvalue weighted by Crippen LogP contribution is 2.14. The van der Waals surface area contributed by atoms with Crippen LogP contribution in [0.2, 0.25) is 0 Å². The zero-order valence-corrected chi connectivity index (χ0v) is 10.5. The van der Waals surface area contributed by atoms with Gasteiger partial charge in [0.2, 0.25) is 0 Å². The predicted molar refractivity (Wildman–Crippen MR) is 66.5 cm³/mol. The van der Waals surface area contributed by atoms with Crippen LogP contribution in [0.5, 0.6) is 0 Å². The van der Waals surface area contributed by atoms with Gasteiger partial charge in [-0.15, -0.1) is 0 Å². The van der Waals surface area contributed by atoms with Crippen LogP contribution in [-0.4, -0.2) is 16.6 Å². The normalized spacial score (nSPS) is 11.7. The Hall–Kier alpha value is -1.91. The van der Waals surface area contributed by atoms with E-state index in [0.29, 0.717) is 0 Å². The summed E-state index contributed by atoms with van der Waals surface area (Å²) in [5, 5.41) is 10.6. The van der Waals surface area contributed by atoms with Gasteiger partial charge in [-0.25, -0.2) is 0 Å². The van der Waals surface area contributed by atoms with Gasteiger partial charge in [0.05, 0.1) is 0 Å². The number of carbonyl (C=O) groups excluding carboxylic acids is 1. The minimum absolute atomic E-state index is 0.163. The topological polar surface area (TPSA) is 79.0 Å². The standard InChI is InChI=1S/C12H17N3O2/c1-5-9(7(2)3)11(13)15-12-14-10(6-17-12)8(4)16/h5-7H,1-4H3,(H2,13,14,15)/b9-5-. The molecule has 0 atom stereocenters. The molecule has 0 saturated carbocycles. The van der Waals surface area contributed by atoms with E-state index >= 15 is 0 Å². The van der Waals surface area contributed by atoms with Gasteiger partial charge in [-0.3, -0.25) is 15.5 Å². The van der Waals surface area contributed by atoms with Gasteiger partial charge >= 0.3 is 6.01 Å². The van der Waals surface area contributed by atoms with Gasteiger partial charge in [-0.05, 0) is 18.4 Å². The van der Waals surface area contributed by atoms with Crippen molar-refractivity contribution in [2.24, 2.45) is 5.92 Å². The summed E-state index contributed by atoms with van der Waals surface area (Å²) in [6, 6.07) is 0.167. The molecule has 0 aliphatic rings. The maximum Gasteiger partial charge on any atom is 0.300 e. The monoisotopic (exact) mass is 235 g/mol. The van der Waals surface area contributed by atoms with Crippen molar-refractivity contribution in [2.75, 3.05) is 5.32 Å². The number of carbonyl (C=O) groups is 1. The Kier molecular flexibility index (Phi) is 4.20. The first-order chi connectivity index (χ1) is 7.95. The molecule has 0 unspecified atom stereocenters. The third-order valence-corrected chi connectivity index (χ3v) is 2.32. The number of ketones is 1. The van der Waals surface area contributed by atoms with E-state index in [4.69, 9.17) is 9.83 Å². The molecule has 1 aromatic heterocycles. The van der Waals surface area contributed by atoms with Crippen molar-refractivity contribution >= 4 is 17.6 Å². The first kappa shape index (κ1) is 13.2. The van der Waals surface area contributed by atoms with Crippen molar-refractivity contribution in [3.8, 4) is 0 Å². The Labute approximate surface area is 100 Å². The van der Waals surface area contributed by atoms with Crippen LogP contribution >= 0.6 is 0 Å². The predicted octanol–water partition coefficient (Wildman–Crippen LogP) is 2.87. The lowest BCUT2D eigenvalue weighted by molar-refractivity contribution is 0.101. The molecule has 17 heavy (non-hydrogen) atoms. The van der Waals surface area contributed by atoms with Gasteiger partial charge < -0.3 is 4.42 Å². The Morgan fingerprint density at radius 2 is 2.24 bits per heavy atom. The SMILES string of the molecule is C/C=C(\C(=N)Nc1nc(C(C)=O)co1)C(C)C. The van der Waals surface area contributed by atoms with Crippen LogP contribution in [0, 0.1) is 11.3 Å². The van der Waals surface area contributed by atoms with Crippen LogP contribution in [0.4, 0.5) is 6.01 Å². The number of hydrogen-bond acceptors (Lipinski definition) is 4. The molecule has 0 amide bonds. The van der Waals surface area contributed by atoms with E-state index in [1.54, 1.807) is 0 Å². The molecule has 92 valence electrons. The fourth-order valence-corrected chi connectivity index (χ4v) is 1.44. The summed E-state index contributed by atoms with van der Waals surface area (Å²) in [5.41, 5.74) is 1.12. The van der Waals surface area contributed by atoms with Crippen LogP contribution in [0.1, 0.15) is 38.2 Å². The van der Waals surface area contributed by atoms with Gasteiger partial charge in [0.15, 0.2) is 5.78 Å². The fourth-order valence-electron chi connectivity index (χ4n) is 1.44. The van der Waals surface area contributed by atoms with Crippen LogP contribution in [-0.2, 0) is 0 Å². The average molecular weight is 235 g/mol. The smallest absolute Gasteiger partial charge is 0.300 e. The first-order valence-electron chi connectivity index (χ1n) is 5.44. The van der Waals surface area contributed by atoms with Crippen LogP contribution in [0.25, 0.3) is 0 Å². The molecule has 1 heterocycles. The summed E-state index contributed by atoms with van der Waals surface area (Å²) in [6.07, 6.45) is 3.15. The minimum Gasteiger partial charge on any atom is -0.431 e. The molecule has 1 aromatic rings. The highest BCUT2D eigenvalue weighted by atomic mass is 16.4. The van der Waals surface area contributed by atoms with Crippen molar-refractivity contribution in [2.45, 2.75) is 27.7 Å². The zero-order chi connectivity index (χ0) is 13.0. The van der Waals surface area contributed by atoms with E-state index in [1.165, 1.54) is 13.2 Å². The largest absolute Gasteiger partial charge is 0.431 e. The van der Waals surface area contributed by atoms with Gasteiger partial charge in [-0.2, -0.15) is 4.98 Å². The summed E-state index contributed by atoms with van der Waals surface area (Å²) >= 11 is 0. The third kappa shape index (κ3) is 3.27. The Balaban J connectivity index is 2.77. The van der Waals surface area contributed by atoms with Crippen LogP contribution in [0.15, 0.2) is 22.3 Å². The van der Waals surface area contributed by atoms with E-state index in [-0.39, 0.29) is 29.2 Å². The van der Waals surface area contributed by atoms with Gasteiger partial charge in [0.1, 0.15) is 17.8 Å². The first-order valence-corrected chi connectivity index (χ1v) is 5.44. The molecule has 0 aliphatic carbocycles. The maximum absolute atomic E-state index is 11.0. The number of allylic oxidation sites excluding steroid dienone is 1. The number of Topliss-reactive ketones (excluding diaryl/α,β-unsaturated/α-hetero) is 1. The van der Waals surface area contributed by atoms with E-state index in [0.717, 1.165) is 5.57 Å². The Bertz CT molecular complexity index is 458. The molecule has 5 nitrogen and oxygen atoms in total. The number of anilines is 1. The summed E-state index contributed by atoms with van der Waals surface area (Å²) in [5.74, 6) is 0.310. The lowest BCUT2D eigenvalue weighted by Crippen LogP contribution is -2.17. The van der Waals surface area contributed by atoms with Crippen molar-refractivity contribution in [1.29, 1.82) is 5.41 Å². The zero-order valence-electron chi connectivity index (χ0n) is 10.5.